The van der Waals surface area contributed by atoms with Gasteiger partial charge in [-0.05, 0) is 120 Å². The Morgan fingerprint density at radius 2 is 0.705 bits per heavy atom. The van der Waals surface area contributed by atoms with Crippen LogP contribution in [0.25, 0.3) is 0 Å². The third-order valence-electron chi connectivity index (χ3n) is 15.7. The molecule has 0 fully saturated rings. The first-order valence-electron chi connectivity index (χ1n) is 29.5. The van der Waals surface area contributed by atoms with Crippen molar-refractivity contribution in [2.45, 2.75) is 74.7 Å². The van der Waals surface area contributed by atoms with Crippen LogP contribution in [0.5, 0.6) is 0 Å². The number of halogens is 2. The van der Waals surface area contributed by atoms with Gasteiger partial charge in [-0.2, -0.15) is 0 Å². The zero-order valence-corrected chi connectivity index (χ0v) is 51.8. The number of sulfonamides is 2. The lowest BCUT2D eigenvalue weighted by molar-refractivity contribution is 0.00455. The fourth-order valence-electron chi connectivity index (χ4n) is 11.6. The van der Waals surface area contributed by atoms with E-state index >= 15 is 0 Å². The summed E-state index contributed by atoms with van der Waals surface area (Å²) < 4.78 is 77.4. The van der Waals surface area contributed by atoms with E-state index in [2.05, 4.69) is 91.4 Å². The van der Waals surface area contributed by atoms with Crippen LogP contribution in [0, 0.1) is 0 Å². The standard InChI is InChI=1S/C71H70Cl2N6O7S2/c72-63-41-37-55(38-42-63)45-47-76-87(81,82)51-67(35-19-33-65-49-78(53-74-65)70(57-21-7-1-8-22-57,58-23-9-2-10-24-58)59-25-11-3-12-26-59)85-69(80)86-68(52-88(83,84)77-48-46-56-39-43-64(73)44-40-56)36-20-34-66-50-79(54-75-66)71(60-27-13-4-14-28-60,61-29-15-5-16-30-61)62-31-17-6-18-32-62/h1-18,21-32,37-44,49-50,53-54,67-68,76-77H,19-20,33-36,45-48,51-52H2. The Kier molecular flexibility index (Phi) is 21.2. The topological polar surface area (TPSA) is 164 Å². The first-order valence-corrected chi connectivity index (χ1v) is 33.6. The molecule has 17 heteroatoms. The monoisotopic (exact) mass is 1250 g/mol. The molecule has 0 aliphatic heterocycles. The van der Waals surface area contributed by atoms with Crippen molar-refractivity contribution in [1.29, 1.82) is 0 Å². The molecule has 2 aromatic heterocycles. The van der Waals surface area contributed by atoms with Crippen molar-refractivity contribution in [3.8, 4) is 0 Å². The van der Waals surface area contributed by atoms with E-state index in [9.17, 15) is 21.6 Å². The van der Waals surface area contributed by atoms with Crippen molar-refractivity contribution in [2.24, 2.45) is 0 Å². The molecule has 88 heavy (non-hydrogen) atoms. The molecule has 2 unspecified atom stereocenters. The lowest BCUT2D eigenvalue weighted by atomic mass is 9.77. The molecule has 0 amide bonds. The molecule has 0 spiro atoms. The number of imidazole rings is 2. The minimum Gasteiger partial charge on any atom is -0.430 e. The van der Waals surface area contributed by atoms with Gasteiger partial charge in [-0.25, -0.2) is 41.0 Å². The van der Waals surface area contributed by atoms with Crippen molar-refractivity contribution in [2.75, 3.05) is 24.6 Å². The number of hydrogen-bond donors (Lipinski definition) is 2. The van der Waals surface area contributed by atoms with Crippen LogP contribution in [0.1, 0.15) is 81.6 Å². The summed E-state index contributed by atoms with van der Waals surface area (Å²) in [6.45, 7) is 0.166. The molecule has 0 radical (unpaired) electrons. The second-order valence-electron chi connectivity index (χ2n) is 21.8. The van der Waals surface area contributed by atoms with Crippen molar-refractivity contribution >= 4 is 49.4 Å². The van der Waals surface area contributed by atoms with Crippen molar-refractivity contribution in [3.05, 3.63) is 322 Å². The maximum absolute atomic E-state index is 14.3. The molecule has 2 N–H and O–H groups in total. The first-order chi connectivity index (χ1) is 42.8. The second-order valence-corrected chi connectivity index (χ2v) is 26.4. The van der Waals surface area contributed by atoms with Crippen LogP contribution in [-0.4, -0.2) is 78.9 Å². The fraction of sp³-hybridized carbons (Fsp3) is 0.225. The Morgan fingerprint density at radius 1 is 0.420 bits per heavy atom. The summed E-state index contributed by atoms with van der Waals surface area (Å²) >= 11 is 12.2. The Labute approximate surface area is 526 Å². The van der Waals surface area contributed by atoms with E-state index in [0.29, 0.717) is 48.6 Å². The van der Waals surface area contributed by atoms with Gasteiger partial charge in [0.05, 0.1) is 24.0 Å². The minimum atomic E-state index is -4.06. The lowest BCUT2D eigenvalue weighted by Crippen LogP contribution is -2.38. The van der Waals surface area contributed by atoms with E-state index in [1.54, 1.807) is 24.3 Å². The molecule has 8 aromatic carbocycles. The van der Waals surface area contributed by atoms with E-state index in [1.165, 1.54) is 0 Å². The Morgan fingerprint density at radius 3 is 0.989 bits per heavy atom. The summed E-state index contributed by atoms with van der Waals surface area (Å²) in [5, 5.41) is 1.13. The zero-order chi connectivity index (χ0) is 61.2. The summed E-state index contributed by atoms with van der Waals surface area (Å²) in [6.07, 6.45) is 6.62. The number of aromatic nitrogens is 4. The number of carbonyl (C=O) groups excluding carboxylic acids is 1. The van der Waals surface area contributed by atoms with E-state index < -0.39 is 61.0 Å². The maximum atomic E-state index is 14.3. The molecular formula is C71H70Cl2N6O7S2. The lowest BCUT2D eigenvalue weighted by Gasteiger charge is -2.37. The fourth-order valence-corrected chi connectivity index (χ4v) is 14.4. The SMILES string of the molecule is O=C(OC(CCCc1cn(C(c2ccccc2)(c2ccccc2)c2ccccc2)cn1)CS(=O)(=O)NCCc1ccc(Cl)cc1)OC(CCCc1cn(C(c2ccccc2)(c2ccccc2)c2ccccc2)cn1)CS(=O)(=O)NCCc1ccc(Cl)cc1. The maximum Gasteiger partial charge on any atom is 0.508 e. The predicted octanol–water partition coefficient (Wildman–Crippen LogP) is 13.6. The van der Waals surface area contributed by atoms with Crippen molar-refractivity contribution < 1.29 is 31.1 Å². The molecule has 13 nitrogen and oxygen atoms in total. The average molecular weight is 1250 g/mol. The van der Waals surface area contributed by atoms with E-state index in [0.717, 1.165) is 55.9 Å². The number of benzene rings is 8. The van der Waals surface area contributed by atoms with Crippen LogP contribution in [-0.2, 0) is 66.3 Å². The quantitative estimate of drug-likeness (QED) is 0.0329. The van der Waals surface area contributed by atoms with Crippen LogP contribution < -0.4 is 9.44 Å². The van der Waals surface area contributed by atoms with Gasteiger partial charge >= 0.3 is 6.16 Å². The molecule has 452 valence electrons. The van der Waals surface area contributed by atoms with Gasteiger partial charge in [0.25, 0.3) is 0 Å². The first kappa shape index (κ1) is 62.9. The minimum absolute atomic E-state index is 0.0828. The highest BCUT2D eigenvalue weighted by Crippen LogP contribution is 2.42. The molecule has 0 saturated heterocycles. The van der Waals surface area contributed by atoms with Gasteiger partial charge in [0.2, 0.25) is 20.0 Å². The molecular weight excluding hydrogens is 1180 g/mol. The van der Waals surface area contributed by atoms with Gasteiger partial charge in [-0.1, -0.05) is 229 Å². The third-order valence-corrected chi connectivity index (χ3v) is 19.2. The average Bonchev–Trinajstić information content (AvgIpc) is 1.46. The van der Waals surface area contributed by atoms with Gasteiger partial charge in [0.1, 0.15) is 34.8 Å². The van der Waals surface area contributed by atoms with Crippen LogP contribution in [0.4, 0.5) is 4.79 Å². The Hall–Kier alpha value is -8.15. The van der Waals surface area contributed by atoms with Crippen molar-refractivity contribution in [3.63, 3.8) is 0 Å². The number of nitrogens with one attached hydrogen (secondary N) is 2. The Balaban J connectivity index is 0.884. The smallest absolute Gasteiger partial charge is 0.430 e. The van der Waals surface area contributed by atoms with Crippen LogP contribution in [0.15, 0.2) is 256 Å². The van der Waals surface area contributed by atoms with Crippen LogP contribution in [0.2, 0.25) is 10.0 Å². The van der Waals surface area contributed by atoms with E-state index in [4.69, 9.17) is 42.6 Å². The highest BCUT2D eigenvalue weighted by atomic mass is 35.5. The number of nitrogens with zero attached hydrogens (tertiary/aromatic N) is 4. The normalized spacial score (nSPS) is 12.8. The number of hydrogen-bond acceptors (Lipinski definition) is 9. The largest absolute Gasteiger partial charge is 0.508 e. The Bertz CT molecular complexity index is 3560. The number of ether oxygens (including phenoxy) is 2. The summed E-state index contributed by atoms with van der Waals surface area (Å²) in [5.74, 6) is -1.16. The van der Waals surface area contributed by atoms with Gasteiger partial charge in [0.15, 0.2) is 0 Å². The van der Waals surface area contributed by atoms with Crippen LogP contribution in [0.3, 0.4) is 0 Å². The predicted molar refractivity (Wildman–Crippen MR) is 349 cm³/mol. The highest BCUT2D eigenvalue weighted by molar-refractivity contribution is 7.89. The van der Waals surface area contributed by atoms with E-state index in [1.807, 2.05) is 159 Å². The number of rotatable bonds is 30. The van der Waals surface area contributed by atoms with Gasteiger partial charge in [0, 0.05) is 35.5 Å². The number of carbonyl (C=O) groups is 1. The molecule has 2 heterocycles. The van der Waals surface area contributed by atoms with E-state index in [-0.39, 0.29) is 25.9 Å². The third kappa shape index (κ3) is 15.9. The van der Waals surface area contributed by atoms with Crippen LogP contribution >= 0.6 is 23.2 Å². The molecule has 0 aliphatic rings. The number of aryl methyl sites for hydroxylation is 2. The van der Waals surface area contributed by atoms with Gasteiger partial charge < -0.3 is 18.6 Å². The van der Waals surface area contributed by atoms with Gasteiger partial charge in [-0.3, -0.25) is 0 Å². The molecule has 0 saturated carbocycles. The zero-order valence-electron chi connectivity index (χ0n) is 48.6. The van der Waals surface area contributed by atoms with Gasteiger partial charge in [-0.15, -0.1) is 0 Å². The molecule has 2 atom stereocenters. The van der Waals surface area contributed by atoms with Crippen molar-refractivity contribution in [1.82, 2.24) is 28.5 Å². The summed E-state index contributed by atoms with van der Waals surface area (Å²) in [5.41, 5.74) is 7.81. The molecule has 0 bridgehead atoms. The summed E-state index contributed by atoms with van der Waals surface area (Å²) in [4.78, 5) is 24.1. The molecule has 10 aromatic rings. The summed E-state index contributed by atoms with van der Waals surface area (Å²) in [6, 6.07) is 75.8. The summed E-state index contributed by atoms with van der Waals surface area (Å²) in [7, 11) is -8.12. The highest BCUT2D eigenvalue weighted by Gasteiger charge is 2.40. The second kappa shape index (κ2) is 29.7. The molecule has 0 aliphatic carbocycles. The molecule has 10 rings (SSSR count).